The molecule has 1 aromatic rings. The Balaban J connectivity index is 1.63. The summed E-state index contributed by atoms with van der Waals surface area (Å²) >= 11 is 0. The molecule has 0 saturated carbocycles. The fourth-order valence-electron chi connectivity index (χ4n) is 3.21. The largest absolute Gasteiger partial charge is 0.481 e. The molecule has 7 heteroatoms. The van der Waals surface area contributed by atoms with Gasteiger partial charge in [0, 0.05) is 38.5 Å². The first-order valence-corrected chi connectivity index (χ1v) is 9.05. The SMILES string of the molecule is CCNC(=NCc1ccc(OC)nc1)N1CCOC(C2CCCO2)C1. The summed E-state index contributed by atoms with van der Waals surface area (Å²) in [5.74, 6) is 1.54. The molecule has 2 fully saturated rings. The van der Waals surface area contributed by atoms with Crippen molar-refractivity contribution in [2.75, 3.05) is 40.0 Å². The summed E-state index contributed by atoms with van der Waals surface area (Å²) in [6, 6.07) is 3.85. The molecule has 2 atom stereocenters. The Labute approximate surface area is 149 Å². The van der Waals surface area contributed by atoms with Gasteiger partial charge in [-0.15, -0.1) is 0 Å². The zero-order valence-corrected chi connectivity index (χ0v) is 15.1. The highest BCUT2D eigenvalue weighted by Gasteiger charge is 2.32. The fourth-order valence-corrected chi connectivity index (χ4v) is 3.21. The van der Waals surface area contributed by atoms with Crippen LogP contribution in [0.4, 0.5) is 0 Å². The summed E-state index contributed by atoms with van der Waals surface area (Å²) in [4.78, 5) is 11.3. The van der Waals surface area contributed by atoms with E-state index in [0.717, 1.165) is 50.6 Å². The van der Waals surface area contributed by atoms with Crippen molar-refractivity contribution >= 4 is 5.96 Å². The molecule has 0 spiro atoms. The highest BCUT2D eigenvalue weighted by Crippen LogP contribution is 2.21. The molecule has 7 nitrogen and oxygen atoms in total. The van der Waals surface area contributed by atoms with Gasteiger partial charge in [0.2, 0.25) is 5.88 Å². The monoisotopic (exact) mass is 348 g/mol. The van der Waals surface area contributed by atoms with E-state index in [2.05, 4.69) is 22.1 Å². The van der Waals surface area contributed by atoms with Gasteiger partial charge in [-0.2, -0.15) is 0 Å². The zero-order chi connectivity index (χ0) is 17.5. The standard InChI is InChI=1S/C18H28N4O3/c1-3-19-18(21-12-14-6-7-17(23-2)20-11-14)22-8-10-25-16(13-22)15-5-4-9-24-15/h6-7,11,15-16H,3-5,8-10,12-13H2,1-2H3,(H,19,21). The molecule has 3 heterocycles. The van der Waals surface area contributed by atoms with Gasteiger partial charge < -0.3 is 24.4 Å². The third-order valence-corrected chi connectivity index (χ3v) is 4.53. The molecule has 3 rings (SSSR count). The van der Waals surface area contributed by atoms with E-state index in [1.165, 1.54) is 0 Å². The Kier molecular flexibility index (Phi) is 6.47. The van der Waals surface area contributed by atoms with Crippen molar-refractivity contribution in [3.05, 3.63) is 23.9 Å². The van der Waals surface area contributed by atoms with Crippen LogP contribution in [0.15, 0.2) is 23.3 Å². The van der Waals surface area contributed by atoms with Crippen molar-refractivity contribution in [3.63, 3.8) is 0 Å². The van der Waals surface area contributed by atoms with Gasteiger partial charge in [-0.05, 0) is 25.3 Å². The number of methoxy groups -OCH3 is 1. The number of rotatable bonds is 5. The van der Waals surface area contributed by atoms with Crippen molar-refractivity contribution in [3.8, 4) is 5.88 Å². The van der Waals surface area contributed by atoms with Crippen molar-refractivity contribution in [1.82, 2.24) is 15.2 Å². The van der Waals surface area contributed by atoms with Crippen molar-refractivity contribution < 1.29 is 14.2 Å². The van der Waals surface area contributed by atoms with Gasteiger partial charge in [0.05, 0.1) is 26.4 Å². The van der Waals surface area contributed by atoms with Crippen molar-refractivity contribution in [2.24, 2.45) is 4.99 Å². The maximum atomic E-state index is 5.94. The fraction of sp³-hybridized carbons (Fsp3) is 0.667. The average Bonchev–Trinajstić information content (AvgIpc) is 3.20. The van der Waals surface area contributed by atoms with Gasteiger partial charge in [-0.3, -0.25) is 0 Å². The van der Waals surface area contributed by atoms with E-state index in [1.807, 2.05) is 12.1 Å². The summed E-state index contributed by atoms with van der Waals surface area (Å²) in [5, 5.41) is 3.39. The molecule has 0 radical (unpaired) electrons. The number of nitrogens with one attached hydrogen (secondary N) is 1. The van der Waals surface area contributed by atoms with Crippen LogP contribution < -0.4 is 10.1 Å². The quantitative estimate of drug-likeness (QED) is 0.641. The van der Waals surface area contributed by atoms with Crippen LogP contribution in [-0.2, 0) is 16.0 Å². The van der Waals surface area contributed by atoms with Crippen LogP contribution in [0.1, 0.15) is 25.3 Å². The topological polar surface area (TPSA) is 68.2 Å². The molecule has 138 valence electrons. The van der Waals surface area contributed by atoms with E-state index in [1.54, 1.807) is 13.3 Å². The number of aromatic nitrogens is 1. The summed E-state index contributed by atoms with van der Waals surface area (Å²) in [7, 11) is 1.62. The Bertz CT molecular complexity index is 558. The smallest absolute Gasteiger partial charge is 0.212 e. The molecule has 1 N–H and O–H groups in total. The second kappa shape index (κ2) is 9.01. The molecule has 2 aliphatic heterocycles. The summed E-state index contributed by atoms with van der Waals surface area (Å²) in [6.07, 6.45) is 4.37. The maximum Gasteiger partial charge on any atom is 0.212 e. The predicted octanol–water partition coefficient (Wildman–Crippen LogP) is 1.44. The zero-order valence-electron chi connectivity index (χ0n) is 15.1. The van der Waals surface area contributed by atoms with Gasteiger partial charge >= 0.3 is 0 Å². The van der Waals surface area contributed by atoms with E-state index in [0.29, 0.717) is 19.0 Å². The summed E-state index contributed by atoms with van der Waals surface area (Å²) in [6.45, 7) is 6.72. The van der Waals surface area contributed by atoms with Crippen molar-refractivity contribution in [1.29, 1.82) is 0 Å². The number of hydrogen-bond acceptors (Lipinski definition) is 5. The highest BCUT2D eigenvalue weighted by molar-refractivity contribution is 5.80. The number of aliphatic imine (C=N–C) groups is 1. The number of hydrogen-bond donors (Lipinski definition) is 1. The molecule has 1 aromatic heterocycles. The molecular formula is C18H28N4O3. The number of guanidine groups is 1. The number of nitrogens with zero attached hydrogens (tertiary/aromatic N) is 3. The van der Waals surface area contributed by atoms with Crippen LogP contribution in [0.2, 0.25) is 0 Å². The first kappa shape index (κ1) is 17.9. The lowest BCUT2D eigenvalue weighted by Gasteiger charge is -2.37. The van der Waals surface area contributed by atoms with Gasteiger partial charge in [0.1, 0.15) is 6.10 Å². The number of ether oxygens (including phenoxy) is 3. The van der Waals surface area contributed by atoms with Crippen LogP contribution in [0.5, 0.6) is 5.88 Å². The van der Waals surface area contributed by atoms with Crippen LogP contribution in [-0.4, -0.2) is 68.0 Å². The van der Waals surface area contributed by atoms with Gasteiger partial charge in [0.15, 0.2) is 5.96 Å². The molecule has 0 aliphatic carbocycles. The third kappa shape index (κ3) is 4.83. The van der Waals surface area contributed by atoms with Crippen LogP contribution in [0.25, 0.3) is 0 Å². The second-order valence-electron chi connectivity index (χ2n) is 6.29. The number of morpholine rings is 1. The molecular weight excluding hydrogens is 320 g/mol. The average molecular weight is 348 g/mol. The molecule has 2 aliphatic rings. The van der Waals surface area contributed by atoms with Gasteiger partial charge in [0.25, 0.3) is 0 Å². The molecule has 0 amide bonds. The second-order valence-corrected chi connectivity index (χ2v) is 6.29. The normalized spacial score (nSPS) is 24.4. The van der Waals surface area contributed by atoms with E-state index in [-0.39, 0.29) is 12.2 Å². The Morgan fingerprint density at radius 2 is 2.24 bits per heavy atom. The van der Waals surface area contributed by atoms with Gasteiger partial charge in [-0.25, -0.2) is 9.98 Å². The molecule has 0 bridgehead atoms. The van der Waals surface area contributed by atoms with E-state index in [4.69, 9.17) is 19.2 Å². The molecule has 25 heavy (non-hydrogen) atoms. The summed E-state index contributed by atoms with van der Waals surface area (Å²) < 4.78 is 16.8. The van der Waals surface area contributed by atoms with E-state index in [9.17, 15) is 0 Å². The lowest BCUT2D eigenvalue weighted by Crippen LogP contribution is -2.53. The van der Waals surface area contributed by atoms with E-state index >= 15 is 0 Å². The highest BCUT2D eigenvalue weighted by atomic mass is 16.5. The Morgan fingerprint density at radius 3 is 2.92 bits per heavy atom. The minimum atomic E-state index is 0.128. The van der Waals surface area contributed by atoms with Crippen LogP contribution in [0, 0.1) is 0 Å². The van der Waals surface area contributed by atoms with Crippen LogP contribution >= 0.6 is 0 Å². The minimum Gasteiger partial charge on any atom is -0.481 e. The lowest BCUT2D eigenvalue weighted by molar-refractivity contribution is -0.0817. The summed E-state index contributed by atoms with van der Waals surface area (Å²) in [5.41, 5.74) is 1.06. The molecule has 2 saturated heterocycles. The maximum absolute atomic E-state index is 5.94. The first-order chi connectivity index (χ1) is 12.3. The number of pyridine rings is 1. The Hall–Kier alpha value is -1.86. The van der Waals surface area contributed by atoms with Crippen LogP contribution in [0.3, 0.4) is 0 Å². The molecule has 0 aromatic carbocycles. The third-order valence-electron chi connectivity index (χ3n) is 4.53. The first-order valence-electron chi connectivity index (χ1n) is 9.05. The van der Waals surface area contributed by atoms with Gasteiger partial charge in [-0.1, -0.05) is 6.07 Å². The van der Waals surface area contributed by atoms with E-state index < -0.39 is 0 Å². The lowest BCUT2D eigenvalue weighted by atomic mass is 10.1. The van der Waals surface area contributed by atoms with Crippen molar-refractivity contribution in [2.45, 2.75) is 38.5 Å². The minimum absolute atomic E-state index is 0.128. The predicted molar refractivity (Wildman–Crippen MR) is 95.9 cm³/mol. The molecule has 2 unspecified atom stereocenters. The Morgan fingerprint density at radius 1 is 1.36 bits per heavy atom.